The average molecular weight is 464 g/mol. The van der Waals surface area contributed by atoms with Gasteiger partial charge in [-0.25, -0.2) is 13.8 Å². The van der Waals surface area contributed by atoms with Crippen LogP contribution >= 0.6 is 0 Å². The molecule has 172 valence electrons. The molecule has 0 spiro atoms. The SMILES string of the molecule is Cc1ccccc1CN(c1ccc(C(=O)N/N=C\c2ccc(C)c(C)c2C)cc1)S(C)(=O)=O. The number of benzene rings is 3. The number of hydrogen-bond donors (Lipinski definition) is 1. The summed E-state index contributed by atoms with van der Waals surface area (Å²) in [5, 5.41) is 4.08. The minimum absolute atomic E-state index is 0.219. The number of amides is 1. The van der Waals surface area contributed by atoms with Crippen molar-refractivity contribution in [1.82, 2.24) is 5.43 Å². The fourth-order valence-corrected chi connectivity index (χ4v) is 4.34. The van der Waals surface area contributed by atoms with Gasteiger partial charge in [0.15, 0.2) is 0 Å². The van der Waals surface area contributed by atoms with E-state index < -0.39 is 10.0 Å². The summed E-state index contributed by atoms with van der Waals surface area (Å²) in [6.07, 6.45) is 2.80. The minimum atomic E-state index is -3.51. The Bertz CT molecular complexity index is 1300. The lowest BCUT2D eigenvalue weighted by Crippen LogP contribution is -2.29. The van der Waals surface area contributed by atoms with Crippen molar-refractivity contribution in [3.05, 3.63) is 99.6 Å². The molecule has 0 radical (unpaired) electrons. The maximum atomic E-state index is 12.5. The zero-order valence-corrected chi connectivity index (χ0v) is 20.4. The normalized spacial score (nSPS) is 11.5. The van der Waals surface area contributed by atoms with Crippen molar-refractivity contribution in [2.24, 2.45) is 5.10 Å². The topological polar surface area (TPSA) is 78.8 Å². The van der Waals surface area contributed by atoms with Gasteiger partial charge in [0, 0.05) is 5.56 Å². The maximum absolute atomic E-state index is 12.5. The van der Waals surface area contributed by atoms with Gasteiger partial charge in [0.1, 0.15) is 0 Å². The first-order chi connectivity index (χ1) is 15.6. The van der Waals surface area contributed by atoms with E-state index in [2.05, 4.69) is 24.4 Å². The molecule has 0 bridgehead atoms. The Morgan fingerprint density at radius 3 is 2.21 bits per heavy atom. The Morgan fingerprint density at radius 2 is 1.58 bits per heavy atom. The molecule has 0 unspecified atom stereocenters. The van der Waals surface area contributed by atoms with Crippen molar-refractivity contribution >= 4 is 27.8 Å². The lowest BCUT2D eigenvalue weighted by atomic mass is 10.00. The molecule has 0 heterocycles. The van der Waals surface area contributed by atoms with Gasteiger partial charge in [-0.3, -0.25) is 9.10 Å². The first kappa shape index (κ1) is 24.2. The summed E-state index contributed by atoms with van der Waals surface area (Å²) < 4.78 is 26.2. The number of anilines is 1. The molecule has 0 saturated heterocycles. The van der Waals surface area contributed by atoms with Gasteiger partial charge in [0.05, 0.1) is 24.7 Å². The van der Waals surface area contributed by atoms with E-state index >= 15 is 0 Å². The average Bonchev–Trinajstić information content (AvgIpc) is 2.78. The molecule has 3 aromatic carbocycles. The molecule has 0 aliphatic carbocycles. The molecule has 0 fully saturated rings. The lowest BCUT2D eigenvalue weighted by molar-refractivity contribution is 0.0955. The van der Waals surface area contributed by atoms with Gasteiger partial charge in [-0.2, -0.15) is 5.10 Å². The van der Waals surface area contributed by atoms with Crippen molar-refractivity contribution in [2.75, 3.05) is 10.6 Å². The number of nitrogens with one attached hydrogen (secondary N) is 1. The van der Waals surface area contributed by atoms with E-state index in [0.717, 1.165) is 22.3 Å². The van der Waals surface area contributed by atoms with Crippen molar-refractivity contribution < 1.29 is 13.2 Å². The second-order valence-electron chi connectivity index (χ2n) is 8.16. The number of hydrogen-bond acceptors (Lipinski definition) is 4. The van der Waals surface area contributed by atoms with Gasteiger partial charge in [0.2, 0.25) is 10.0 Å². The molecule has 33 heavy (non-hydrogen) atoms. The van der Waals surface area contributed by atoms with Gasteiger partial charge in [-0.15, -0.1) is 0 Å². The fourth-order valence-electron chi connectivity index (χ4n) is 3.46. The summed E-state index contributed by atoms with van der Waals surface area (Å²) >= 11 is 0. The van der Waals surface area contributed by atoms with Gasteiger partial charge in [0.25, 0.3) is 5.91 Å². The minimum Gasteiger partial charge on any atom is -0.267 e. The summed E-state index contributed by atoms with van der Waals surface area (Å²) in [5.74, 6) is -0.371. The van der Waals surface area contributed by atoms with Gasteiger partial charge < -0.3 is 0 Å². The standard InChI is InChI=1S/C26H29N3O3S/c1-18-10-11-23(21(4)20(18)3)16-27-28-26(30)22-12-14-25(15-13-22)29(33(5,31)32)17-24-9-7-6-8-19(24)2/h6-16H,17H2,1-5H3,(H,28,30)/b27-16-. The number of nitrogens with zero attached hydrogens (tertiary/aromatic N) is 2. The first-order valence-electron chi connectivity index (χ1n) is 10.6. The Hall–Kier alpha value is -3.45. The molecule has 1 N–H and O–H groups in total. The summed E-state index contributed by atoms with van der Waals surface area (Å²) in [6.45, 7) is 8.30. The van der Waals surface area contributed by atoms with Crippen LogP contribution in [-0.4, -0.2) is 26.8 Å². The summed E-state index contributed by atoms with van der Waals surface area (Å²) in [6, 6.07) is 18.1. The quantitative estimate of drug-likeness (QED) is 0.409. The molecule has 3 aromatic rings. The van der Waals surface area contributed by atoms with Crippen molar-refractivity contribution in [1.29, 1.82) is 0 Å². The molecule has 6 nitrogen and oxygen atoms in total. The molecular weight excluding hydrogens is 434 g/mol. The molecular formula is C26H29N3O3S. The number of hydrazone groups is 1. The van der Waals surface area contributed by atoms with E-state index in [1.807, 2.05) is 50.2 Å². The molecule has 7 heteroatoms. The van der Waals surface area contributed by atoms with Crippen LogP contribution in [0.5, 0.6) is 0 Å². The van der Waals surface area contributed by atoms with Crippen LogP contribution in [-0.2, 0) is 16.6 Å². The second kappa shape index (κ2) is 10.0. The van der Waals surface area contributed by atoms with Crippen molar-refractivity contribution in [3.8, 4) is 0 Å². The summed E-state index contributed by atoms with van der Waals surface area (Å²) in [7, 11) is -3.51. The van der Waals surface area contributed by atoms with Crippen LogP contribution in [0.15, 0.2) is 65.8 Å². The summed E-state index contributed by atoms with van der Waals surface area (Å²) in [4.78, 5) is 12.5. The Labute approximate surface area is 196 Å². The predicted octanol–water partition coefficient (Wildman–Crippen LogP) is 4.65. The number of carbonyl (C=O) groups excluding carboxylic acids is 1. The van der Waals surface area contributed by atoms with E-state index in [0.29, 0.717) is 11.3 Å². The number of sulfonamides is 1. The second-order valence-corrected chi connectivity index (χ2v) is 10.1. The van der Waals surface area contributed by atoms with E-state index in [1.54, 1.807) is 30.5 Å². The van der Waals surface area contributed by atoms with Crippen LogP contribution in [0.4, 0.5) is 5.69 Å². The third kappa shape index (κ3) is 5.87. The highest BCUT2D eigenvalue weighted by Crippen LogP contribution is 2.22. The van der Waals surface area contributed by atoms with Crippen LogP contribution in [0.2, 0.25) is 0 Å². The molecule has 0 saturated carbocycles. The first-order valence-corrected chi connectivity index (χ1v) is 12.4. The Kier molecular flexibility index (Phi) is 7.33. The van der Waals surface area contributed by atoms with Crippen LogP contribution in [0.3, 0.4) is 0 Å². The highest BCUT2D eigenvalue weighted by atomic mass is 32.2. The Morgan fingerprint density at radius 1 is 0.909 bits per heavy atom. The van der Waals surface area contributed by atoms with Crippen molar-refractivity contribution in [3.63, 3.8) is 0 Å². The molecule has 1 amide bonds. The van der Waals surface area contributed by atoms with Gasteiger partial charge in [-0.05, 0) is 85.3 Å². The van der Waals surface area contributed by atoms with E-state index in [9.17, 15) is 13.2 Å². The third-order valence-electron chi connectivity index (χ3n) is 5.86. The van der Waals surface area contributed by atoms with Gasteiger partial charge in [-0.1, -0.05) is 36.4 Å². The highest BCUT2D eigenvalue weighted by Gasteiger charge is 2.19. The third-order valence-corrected chi connectivity index (χ3v) is 7.00. The van der Waals surface area contributed by atoms with Crippen LogP contribution in [0, 0.1) is 27.7 Å². The molecule has 3 rings (SSSR count). The molecule has 0 atom stereocenters. The van der Waals surface area contributed by atoms with Crippen molar-refractivity contribution in [2.45, 2.75) is 34.2 Å². The zero-order chi connectivity index (χ0) is 24.2. The molecule has 0 aliphatic heterocycles. The monoisotopic (exact) mass is 463 g/mol. The Balaban J connectivity index is 1.74. The van der Waals surface area contributed by atoms with Crippen LogP contribution in [0.25, 0.3) is 0 Å². The van der Waals surface area contributed by atoms with E-state index in [-0.39, 0.29) is 12.5 Å². The zero-order valence-electron chi connectivity index (χ0n) is 19.6. The number of aryl methyl sites for hydroxylation is 2. The lowest BCUT2D eigenvalue weighted by Gasteiger charge is -2.23. The fraction of sp³-hybridized carbons (Fsp3) is 0.231. The summed E-state index contributed by atoms with van der Waals surface area (Å²) in [5.41, 5.74) is 9.80. The molecule has 0 aliphatic rings. The van der Waals surface area contributed by atoms with Crippen LogP contribution < -0.4 is 9.73 Å². The van der Waals surface area contributed by atoms with Gasteiger partial charge >= 0.3 is 0 Å². The number of rotatable bonds is 7. The predicted molar refractivity (Wildman–Crippen MR) is 134 cm³/mol. The van der Waals surface area contributed by atoms with E-state index in [1.165, 1.54) is 21.7 Å². The highest BCUT2D eigenvalue weighted by molar-refractivity contribution is 7.92. The largest absolute Gasteiger partial charge is 0.271 e. The van der Waals surface area contributed by atoms with E-state index in [4.69, 9.17) is 0 Å². The maximum Gasteiger partial charge on any atom is 0.271 e. The van der Waals surface area contributed by atoms with Crippen LogP contribution in [0.1, 0.15) is 43.7 Å². The number of carbonyl (C=O) groups is 1. The smallest absolute Gasteiger partial charge is 0.267 e. The molecule has 0 aromatic heterocycles.